The lowest BCUT2D eigenvalue weighted by Gasteiger charge is -2.26. The van der Waals surface area contributed by atoms with Gasteiger partial charge in [0.1, 0.15) is 5.54 Å². The van der Waals surface area contributed by atoms with E-state index in [0.717, 1.165) is 31.2 Å². The third kappa shape index (κ3) is 4.82. The van der Waals surface area contributed by atoms with Gasteiger partial charge < -0.3 is 15.2 Å². The third-order valence-electron chi connectivity index (χ3n) is 4.73. The van der Waals surface area contributed by atoms with Crippen LogP contribution in [0.1, 0.15) is 62.7 Å². The van der Waals surface area contributed by atoms with E-state index in [0.29, 0.717) is 11.7 Å². The molecular weight excluding hydrogens is 358 g/mol. The number of nitrogens with zero attached hydrogens (tertiary/aromatic N) is 3. The molecule has 0 saturated heterocycles. The van der Waals surface area contributed by atoms with Gasteiger partial charge in [-0.1, -0.05) is 37.9 Å². The van der Waals surface area contributed by atoms with Crippen molar-refractivity contribution in [1.29, 1.82) is 0 Å². The second-order valence-electron chi connectivity index (χ2n) is 7.29. The van der Waals surface area contributed by atoms with Gasteiger partial charge in [0.2, 0.25) is 17.7 Å². The van der Waals surface area contributed by atoms with Gasteiger partial charge in [-0.3, -0.25) is 14.6 Å². The standard InChI is InChI=1S/C20H25N5O3/c1-14(2)18-23-19(25-28-18)20(9-3-4-10-20)24-17(27)13-22-16(26)8-7-15-6-5-11-21-12-15/h5-8,11-12,14H,3-4,9-10,13H2,1-2H3,(H,22,26)(H,24,27). The first-order valence-electron chi connectivity index (χ1n) is 9.49. The summed E-state index contributed by atoms with van der Waals surface area (Å²) in [5.74, 6) is 0.581. The first kappa shape index (κ1) is 19.7. The van der Waals surface area contributed by atoms with Gasteiger partial charge >= 0.3 is 0 Å². The molecule has 2 aromatic rings. The van der Waals surface area contributed by atoms with Gasteiger partial charge in [0.25, 0.3) is 0 Å². The molecule has 1 aliphatic rings. The van der Waals surface area contributed by atoms with Crippen molar-refractivity contribution in [2.75, 3.05) is 6.54 Å². The fourth-order valence-corrected chi connectivity index (χ4v) is 3.23. The van der Waals surface area contributed by atoms with E-state index in [9.17, 15) is 9.59 Å². The van der Waals surface area contributed by atoms with E-state index in [1.807, 2.05) is 19.9 Å². The maximum absolute atomic E-state index is 12.5. The number of hydrogen-bond donors (Lipinski definition) is 2. The fourth-order valence-electron chi connectivity index (χ4n) is 3.23. The van der Waals surface area contributed by atoms with Gasteiger partial charge in [0.05, 0.1) is 6.54 Å². The maximum atomic E-state index is 12.5. The molecule has 2 heterocycles. The van der Waals surface area contributed by atoms with E-state index < -0.39 is 5.54 Å². The van der Waals surface area contributed by atoms with Crippen LogP contribution in [0.5, 0.6) is 0 Å². The second-order valence-corrected chi connectivity index (χ2v) is 7.29. The van der Waals surface area contributed by atoms with Gasteiger partial charge in [-0.2, -0.15) is 4.98 Å². The number of rotatable bonds is 7. The maximum Gasteiger partial charge on any atom is 0.244 e. The summed E-state index contributed by atoms with van der Waals surface area (Å²) in [5.41, 5.74) is 0.189. The van der Waals surface area contributed by atoms with Gasteiger partial charge in [0.15, 0.2) is 5.82 Å². The minimum Gasteiger partial charge on any atom is -0.343 e. The highest BCUT2D eigenvalue weighted by Gasteiger charge is 2.41. The topological polar surface area (TPSA) is 110 Å². The minimum absolute atomic E-state index is 0.118. The van der Waals surface area contributed by atoms with Crippen molar-refractivity contribution in [3.05, 3.63) is 47.9 Å². The van der Waals surface area contributed by atoms with E-state index >= 15 is 0 Å². The monoisotopic (exact) mass is 383 g/mol. The number of amides is 2. The van der Waals surface area contributed by atoms with Crippen LogP contribution in [0.15, 0.2) is 35.1 Å². The lowest BCUT2D eigenvalue weighted by molar-refractivity contribution is -0.125. The summed E-state index contributed by atoms with van der Waals surface area (Å²) in [4.78, 5) is 32.9. The van der Waals surface area contributed by atoms with Crippen molar-refractivity contribution >= 4 is 17.9 Å². The average molecular weight is 383 g/mol. The molecular formula is C20H25N5O3. The molecule has 8 heteroatoms. The van der Waals surface area contributed by atoms with Crippen LogP contribution in [-0.2, 0) is 15.1 Å². The van der Waals surface area contributed by atoms with Crippen LogP contribution < -0.4 is 10.6 Å². The Morgan fingerprint density at radius 3 is 2.75 bits per heavy atom. The lowest BCUT2D eigenvalue weighted by atomic mass is 9.96. The molecule has 1 saturated carbocycles. The molecule has 0 aromatic carbocycles. The quantitative estimate of drug-likeness (QED) is 0.710. The van der Waals surface area contributed by atoms with Crippen molar-refractivity contribution < 1.29 is 14.1 Å². The number of pyridine rings is 1. The Kier molecular flexibility index (Phi) is 6.18. The molecule has 8 nitrogen and oxygen atoms in total. The molecule has 3 rings (SSSR count). The predicted molar refractivity (Wildman–Crippen MR) is 103 cm³/mol. The Bertz CT molecular complexity index is 839. The molecule has 28 heavy (non-hydrogen) atoms. The van der Waals surface area contributed by atoms with E-state index in [4.69, 9.17) is 4.52 Å². The molecule has 1 fully saturated rings. The largest absolute Gasteiger partial charge is 0.343 e. The Morgan fingerprint density at radius 2 is 2.11 bits per heavy atom. The Hall–Kier alpha value is -3.03. The molecule has 148 valence electrons. The van der Waals surface area contributed by atoms with E-state index in [-0.39, 0.29) is 24.3 Å². The molecule has 0 radical (unpaired) electrons. The smallest absolute Gasteiger partial charge is 0.244 e. The molecule has 0 unspecified atom stereocenters. The van der Waals surface area contributed by atoms with Crippen molar-refractivity contribution in [2.45, 2.75) is 51.0 Å². The van der Waals surface area contributed by atoms with Crippen LogP contribution >= 0.6 is 0 Å². The van der Waals surface area contributed by atoms with Crippen LogP contribution in [0, 0.1) is 0 Å². The first-order chi connectivity index (χ1) is 13.5. The number of aromatic nitrogens is 3. The molecule has 1 aliphatic carbocycles. The van der Waals surface area contributed by atoms with Gasteiger partial charge in [-0.05, 0) is 30.5 Å². The highest BCUT2D eigenvalue weighted by Crippen LogP contribution is 2.37. The van der Waals surface area contributed by atoms with E-state index in [1.54, 1.807) is 24.5 Å². The van der Waals surface area contributed by atoms with E-state index in [1.165, 1.54) is 6.08 Å². The molecule has 2 N–H and O–H groups in total. The van der Waals surface area contributed by atoms with Crippen molar-refractivity contribution in [3.8, 4) is 0 Å². The summed E-state index contributed by atoms with van der Waals surface area (Å²) in [6.07, 6.45) is 9.80. The minimum atomic E-state index is -0.621. The second kappa shape index (κ2) is 8.77. The average Bonchev–Trinajstić information content (AvgIpc) is 3.36. The highest BCUT2D eigenvalue weighted by atomic mass is 16.5. The zero-order chi connectivity index (χ0) is 20.0. The molecule has 2 aromatic heterocycles. The summed E-state index contributed by atoms with van der Waals surface area (Å²) >= 11 is 0. The molecule has 0 aliphatic heterocycles. The van der Waals surface area contributed by atoms with Crippen LogP contribution in [-0.4, -0.2) is 33.5 Å². The Labute approximate surface area is 163 Å². The van der Waals surface area contributed by atoms with Gasteiger partial charge in [-0.25, -0.2) is 0 Å². The van der Waals surface area contributed by atoms with Gasteiger partial charge in [0, 0.05) is 24.4 Å². The van der Waals surface area contributed by atoms with Crippen LogP contribution in [0.3, 0.4) is 0 Å². The number of carbonyl (C=O) groups excluding carboxylic acids is 2. The molecule has 2 amide bonds. The third-order valence-corrected chi connectivity index (χ3v) is 4.73. The zero-order valence-corrected chi connectivity index (χ0v) is 16.1. The summed E-state index contributed by atoms with van der Waals surface area (Å²) < 4.78 is 5.32. The van der Waals surface area contributed by atoms with Crippen molar-refractivity contribution in [3.63, 3.8) is 0 Å². The predicted octanol–water partition coefficient (Wildman–Crippen LogP) is 2.30. The molecule has 0 atom stereocenters. The molecule has 0 bridgehead atoms. The Balaban J connectivity index is 1.57. The van der Waals surface area contributed by atoms with Crippen molar-refractivity contribution in [1.82, 2.24) is 25.8 Å². The normalized spacial score (nSPS) is 15.8. The number of carbonyl (C=O) groups is 2. The first-order valence-corrected chi connectivity index (χ1v) is 9.49. The highest BCUT2D eigenvalue weighted by molar-refractivity contribution is 5.94. The summed E-state index contributed by atoms with van der Waals surface area (Å²) in [5, 5.41) is 9.71. The summed E-state index contributed by atoms with van der Waals surface area (Å²) in [7, 11) is 0. The van der Waals surface area contributed by atoms with Crippen LogP contribution in [0.4, 0.5) is 0 Å². The number of hydrogen-bond acceptors (Lipinski definition) is 6. The SMILES string of the molecule is CC(C)c1nc(C2(NC(=O)CNC(=O)C=Cc3cccnc3)CCCC2)no1. The fraction of sp³-hybridized carbons (Fsp3) is 0.450. The van der Waals surface area contributed by atoms with Crippen LogP contribution in [0.25, 0.3) is 6.08 Å². The molecule has 0 spiro atoms. The van der Waals surface area contributed by atoms with Crippen molar-refractivity contribution in [2.24, 2.45) is 0 Å². The Morgan fingerprint density at radius 1 is 1.32 bits per heavy atom. The zero-order valence-electron chi connectivity index (χ0n) is 16.1. The summed E-state index contributed by atoms with van der Waals surface area (Å²) in [6.45, 7) is 3.84. The van der Waals surface area contributed by atoms with Crippen LogP contribution in [0.2, 0.25) is 0 Å². The number of nitrogens with one attached hydrogen (secondary N) is 2. The lowest BCUT2D eigenvalue weighted by Crippen LogP contribution is -2.48. The van der Waals surface area contributed by atoms with Gasteiger partial charge in [-0.15, -0.1) is 0 Å². The summed E-state index contributed by atoms with van der Waals surface area (Å²) in [6, 6.07) is 3.62. The van der Waals surface area contributed by atoms with E-state index in [2.05, 4.69) is 25.8 Å².